The van der Waals surface area contributed by atoms with Crippen molar-refractivity contribution in [2.45, 2.75) is 18.6 Å². The highest BCUT2D eigenvalue weighted by Crippen LogP contribution is 2.43. The van der Waals surface area contributed by atoms with Gasteiger partial charge in [-0.05, 0) is 24.3 Å². The lowest BCUT2D eigenvalue weighted by atomic mass is 9.95. The Bertz CT molecular complexity index is 627. The number of aliphatic hydroxyl groups excluding tert-OH is 1. The summed E-state index contributed by atoms with van der Waals surface area (Å²) < 4.78 is 12.2. The second-order valence-corrected chi connectivity index (χ2v) is 5.64. The molecule has 0 aliphatic carbocycles. The minimum absolute atomic E-state index is 0.151. The van der Waals surface area contributed by atoms with E-state index in [1.807, 2.05) is 42.5 Å². The minimum atomic E-state index is -0.550. The molecule has 0 saturated carbocycles. The zero-order valence-corrected chi connectivity index (χ0v) is 12.6. The van der Waals surface area contributed by atoms with E-state index < -0.39 is 6.10 Å². The van der Waals surface area contributed by atoms with Crippen molar-refractivity contribution < 1.29 is 14.6 Å². The van der Waals surface area contributed by atoms with Gasteiger partial charge in [-0.25, -0.2) is 0 Å². The highest BCUT2D eigenvalue weighted by molar-refractivity contribution is 9.10. The third-order valence-corrected chi connectivity index (χ3v) is 4.26. The zero-order valence-electron chi connectivity index (χ0n) is 11.0. The van der Waals surface area contributed by atoms with Gasteiger partial charge in [0.2, 0.25) is 0 Å². The first-order valence-corrected chi connectivity index (χ1v) is 7.25. The number of halogens is 1. The van der Waals surface area contributed by atoms with E-state index in [1.54, 1.807) is 7.11 Å². The molecule has 0 amide bonds. The lowest BCUT2D eigenvalue weighted by molar-refractivity contribution is 0.0651. The van der Waals surface area contributed by atoms with Crippen LogP contribution in [0, 0.1) is 0 Å². The molecule has 3 nitrogen and oxygen atoms in total. The van der Waals surface area contributed by atoms with Crippen molar-refractivity contribution >= 4 is 15.9 Å². The largest absolute Gasteiger partial charge is 0.497 e. The fourth-order valence-electron chi connectivity index (χ4n) is 2.48. The second kappa shape index (κ2) is 5.46. The van der Waals surface area contributed by atoms with E-state index in [2.05, 4.69) is 15.9 Å². The normalized spacial score (nSPS) is 20.9. The molecule has 0 fully saturated rings. The molecule has 0 saturated heterocycles. The smallest absolute Gasteiger partial charge is 0.128 e. The van der Waals surface area contributed by atoms with Crippen molar-refractivity contribution in [1.82, 2.24) is 0 Å². The van der Waals surface area contributed by atoms with Crippen molar-refractivity contribution in [2.75, 3.05) is 7.11 Å². The molecule has 1 aliphatic rings. The van der Waals surface area contributed by atoms with Gasteiger partial charge in [0.05, 0.1) is 13.2 Å². The Labute approximate surface area is 126 Å². The highest BCUT2D eigenvalue weighted by atomic mass is 79.9. The molecule has 2 aromatic rings. The molecule has 3 rings (SSSR count). The number of aliphatic hydroxyl groups is 1. The van der Waals surface area contributed by atoms with Crippen molar-refractivity contribution in [3.05, 3.63) is 58.1 Å². The van der Waals surface area contributed by atoms with Gasteiger partial charge >= 0.3 is 0 Å². The molecule has 1 aliphatic heterocycles. The third kappa shape index (κ3) is 2.41. The van der Waals surface area contributed by atoms with E-state index in [0.717, 1.165) is 21.3 Å². The van der Waals surface area contributed by atoms with E-state index in [1.165, 1.54) is 0 Å². The molecular weight excluding hydrogens is 320 g/mol. The molecule has 0 bridgehead atoms. The fraction of sp³-hybridized carbons (Fsp3) is 0.250. The minimum Gasteiger partial charge on any atom is -0.497 e. The zero-order chi connectivity index (χ0) is 14.1. The maximum Gasteiger partial charge on any atom is 0.128 e. The monoisotopic (exact) mass is 334 g/mol. The van der Waals surface area contributed by atoms with E-state index >= 15 is 0 Å². The quantitative estimate of drug-likeness (QED) is 0.901. The average Bonchev–Trinajstić information content (AvgIpc) is 2.47. The lowest BCUT2D eigenvalue weighted by Gasteiger charge is -2.30. The van der Waals surface area contributed by atoms with Crippen LogP contribution in [0.4, 0.5) is 0 Å². The summed E-state index contributed by atoms with van der Waals surface area (Å²) in [5.41, 5.74) is 1.83. The van der Waals surface area contributed by atoms with Gasteiger partial charge in [-0.3, -0.25) is 0 Å². The summed E-state index contributed by atoms with van der Waals surface area (Å²) in [5, 5.41) is 10.4. The van der Waals surface area contributed by atoms with Crippen LogP contribution in [0.15, 0.2) is 46.9 Å². The standard InChI is InChI=1S/C16H15BrO3/c1-19-10-6-7-15-12(8-10)14(18)9-16(20-15)11-4-2-3-5-13(11)17/h2-8,14,16,18H,9H2,1H3/t14-,16?/m0/s1. The summed E-state index contributed by atoms with van der Waals surface area (Å²) in [7, 11) is 1.61. The SMILES string of the molecule is COc1ccc2c(c1)[C@@H](O)CC(c1ccccc1Br)O2. The molecule has 104 valence electrons. The Balaban J connectivity index is 1.95. The lowest BCUT2D eigenvalue weighted by Crippen LogP contribution is -2.19. The molecular formula is C16H15BrO3. The van der Waals surface area contributed by atoms with Crippen LogP contribution in [-0.4, -0.2) is 12.2 Å². The first-order chi connectivity index (χ1) is 9.69. The molecule has 4 heteroatoms. The van der Waals surface area contributed by atoms with Crippen LogP contribution < -0.4 is 9.47 Å². The van der Waals surface area contributed by atoms with E-state index in [0.29, 0.717) is 12.2 Å². The summed E-state index contributed by atoms with van der Waals surface area (Å²) in [6.07, 6.45) is -0.171. The molecule has 2 atom stereocenters. The number of ether oxygens (including phenoxy) is 2. The van der Waals surface area contributed by atoms with Gasteiger partial charge in [0.25, 0.3) is 0 Å². The van der Waals surface area contributed by atoms with Gasteiger partial charge in [0.1, 0.15) is 17.6 Å². The van der Waals surface area contributed by atoms with Crippen LogP contribution >= 0.6 is 15.9 Å². The molecule has 2 aromatic carbocycles. The third-order valence-electron chi connectivity index (χ3n) is 3.53. The van der Waals surface area contributed by atoms with Crippen LogP contribution in [-0.2, 0) is 0 Å². The topological polar surface area (TPSA) is 38.7 Å². The fourth-order valence-corrected chi connectivity index (χ4v) is 3.02. The Morgan fingerprint density at radius 1 is 1.20 bits per heavy atom. The Morgan fingerprint density at radius 3 is 2.75 bits per heavy atom. The predicted molar refractivity (Wildman–Crippen MR) is 80.1 cm³/mol. The van der Waals surface area contributed by atoms with Crippen LogP contribution in [0.5, 0.6) is 11.5 Å². The Morgan fingerprint density at radius 2 is 2.00 bits per heavy atom. The van der Waals surface area contributed by atoms with Crippen molar-refractivity contribution in [3.63, 3.8) is 0 Å². The van der Waals surface area contributed by atoms with E-state index in [-0.39, 0.29) is 6.10 Å². The number of hydrogen-bond acceptors (Lipinski definition) is 3. The maximum absolute atomic E-state index is 10.4. The first-order valence-electron chi connectivity index (χ1n) is 6.46. The molecule has 1 unspecified atom stereocenters. The second-order valence-electron chi connectivity index (χ2n) is 4.78. The summed E-state index contributed by atoms with van der Waals surface area (Å²) in [5.74, 6) is 1.44. The predicted octanol–water partition coefficient (Wildman–Crippen LogP) is 4.01. The number of benzene rings is 2. The van der Waals surface area contributed by atoms with Gasteiger partial charge in [0.15, 0.2) is 0 Å². The summed E-state index contributed by atoms with van der Waals surface area (Å²) in [6, 6.07) is 13.4. The maximum atomic E-state index is 10.4. The highest BCUT2D eigenvalue weighted by Gasteiger charge is 2.29. The van der Waals surface area contributed by atoms with Crippen molar-refractivity contribution in [3.8, 4) is 11.5 Å². The Hall–Kier alpha value is -1.52. The number of hydrogen-bond donors (Lipinski definition) is 1. The van der Waals surface area contributed by atoms with E-state index in [4.69, 9.17) is 9.47 Å². The number of fused-ring (bicyclic) bond motifs is 1. The summed E-state index contributed by atoms with van der Waals surface area (Å²) in [4.78, 5) is 0. The Kier molecular flexibility index (Phi) is 3.68. The van der Waals surface area contributed by atoms with Gasteiger partial charge < -0.3 is 14.6 Å². The van der Waals surface area contributed by atoms with Gasteiger partial charge in [0, 0.05) is 22.0 Å². The van der Waals surface area contributed by atoms with Crippen LogP contribution in [0.2, 0.25) is 0 Å². The van der Waals surface area contributed by atoms with Gasteiger partial charge in [-0.1, -0.05) is 34.1 Å². The van der Waals surface area contributed by atoms with Crippen LogP contribution in [0.1, 0.15) is 29.8 Å². The number of methoxy groups -OCH3 is 1. The van der Waals surface area contributed by atoms with Crippen LogP contribution in [0.25, 0.3) is 0 Å². The van der Waals surface area contributed by atoms with Gasteiger partial charge in [-0.2, -0.15) is 0 Å². The summed E-state index contributed by atoms with van der Waals surface area (Å²) >= 11 is 3.53. The van der Waals surface area contributed by atoms with E-state index in [9.17, 15) is 5.11 Å². The molecule has 0 spiro atoms. The molecule has 1 heterocycles. The van der Waals surface area contributed by atoms with Gasteiger partial charge in [-0.15, -0.1) is 0 Å². The summed E-state index contributed by atoms with van der Waals surface area (Å²) in [6.45, 7) is 0. The van der Waals surface area contributed by atoms with Crippen molar-refractivity contribution in [2.24, 2.45) is 0 Å². The molecule has 20 heavy (non-hydrogen) atoms. The molecule has 0 aromatic heterocycles. The van der Waals surface area contributed by atoms with Crippen LogP contribution in [0.3, 0.4) is 0 Å². The number of rotatable bonds is 2. The molecule has 0 radical (unpaired) electrons. The molecule has 1 N–H and O–H groups in total. The van der Waals surface area contributed by atoms with Crippen molar-refractivity contribution in [1.29, 1.82) is 0 Å². The first kappa shape index (κ1) is 13.5. The average molecular weight is 335 g/mol.